The van der Waals surface area contributed by atoms with Gasteiger partial charge in [0.25, 0.3) is 5.89 Å². The van der Waals surface area contributed by atoms with Crippen molar-refractivity contribution in [1.82, 2.24) is 25.1 Å². The molecule has 1 aliphatic heterocycles. The van der Waals surface area contributed by atoms with E-state index in [-0.39, 0.29) is 23.4 Å². The summed E-state index contributed by atoms with van der Waals surface area (Å²) in [4.78, 5) is 4.29. The van der Waals surface area contributed by atoms with Crippen LogP contribution in [0.25, 0.3) is 23.0 Å². The van der Waals surface area contributed by atoms with Gasteiger partial charge in [0.1, 0.15) is 11.9 Å². The van der Waals surface area contributed by atoms with Gasteiger partial charge in [-0.15, -0.1) is 5.10 Å². The van der Waals surface area contributed by atoms with Crippen LogP contribution in [0, 0.1) is 12.7 Å². The van der Waals surface area contributed by atoms with Crippen molar-refractivity contribution >= 4 is 0 Å². The summed E-state index contributed by atoms with van der Waals surface area (Å²) in [6, 6.07) is 14.5. The molecular formula is C20H16FN5O2. The number of hydrogen-bond donors (Lipinski definition) is 0. The zero-order chi connectivity index (χ0) is 19.1. The maximum atomic E-state index is 13.9. The molecule has 1 aliphatic rings. The monoisotopic (exact) mass is 377 g/mol. The Labute approximate surface area is 159 Å². The summed E-state index contributed by atoms with van der Waals surface area (Å²) >= 11 is 0. The van der Waals surface area contributed by atoms with Gasteiger partial charge in [-0.25, -0.2) is 9.07 Å². The summed E-state index contributed by atoms with van der Waals surface area (Å²) in [5.74, 6) is -0.0621. The third-order valence-corrected chi connectivity index (χ3v) is 4.79. The number of halogens is 1. The maximum Gasteiger partial charge on any atom is 0.261 e. The van der Waals surface area contributed by atoms with Gasteiger partial charge in [-0.1, -0.05) is 52.3 Å². The van der Waals surface area contributed by atoms with Gasteiger partial charge in [-0.3, -0.25) is 0 Å². The molecule has 0 fully saturated rings. The number of rotatable bonds is 3. The first-order chi connectivity index (χ1) is 13.7. The van der Waals surface area contributed by atoms with E-state index >= 15 is 0 Å². The molecule has 140 valence electrons. The van der Waals surface area contributed by atoms with E-state index < -0.39 is 5.82 Å². The van der Waals surface area contributed by atoms with E-state index in [2.05, 4.69) is 44.7 Å². The van der Waals surface area contributed by atoms with Gasteiger partial charge in [-0.2, -0.15) is 4.98 Å². The maximum absolute atomic E-state index is 13.9. The van der Waals surface area contributed by atoms with Crippen LogP contribution in [0.15, 0.2) is 53.1 Å². The molecule has 0 saturated heterocycles. The number of ether oxygens (including phenoxy) is 1. The smallest absolute Gasteiger partial charge is 0.261 e. The number of aromatic nitrogens is 5. The molecule has 0 bridgehead atoms. The van der Waals surface area contributed by atoms with Crippen molar-refractivity contribution < 1.29 is 13.7 Å². The minimum absolute atomic E-state index is 0.0955. The van der Waals surface area contributed by atoms with Crippen molar-refractivity contribution in [2.75, 3.05) is 0 Å². The minimum atomic E-state index is -0.424. The lowest BCUT2D eigenvalue weighted by atomic mass is 10.1. The Morgan fingerprint density at radius 1 is 1.11 bits per heavy atom. The van der Waals surface area contributed by atoms with E-state index in [9.17, 15) is 4.39 Å². The quantitative estimate of drug-likeness (QED) is 0.541. The van der Waals surface area contributed by atoms with Crippen LogP contribution >= 0.6 is 0 Å². The number of nitrogens with zero attached hydrogens (tertiary/aromatic N) is 5. The molecule has 3 heterocycles. The molecule has 0 radical (unpaired) electrons. The lowest BCUT2D eigenvalue weighted by Crippen LogP contribution is -2.22. The lowest BCUT2D eigenvalue weighted by Gasteiger charge is -2.24. The fourth-order valence-corrected chi connectivity index (χ4v) is 3.23. The van der Waals surface area contributed by atoms with Crippen molar-refractivity contribution in [2.24, 2.45) is 0 Å². The Morgan fingerprint density at radius 2 is 1.93 bits per heavy atom. The first-order valence-corrected chi connectivity index (χ1v) is 8.88. The van der Waals surface area contributed by atoms with Crippen molar-refractivity contribution in [1.29, 1.82) is 0 Å². The Balaban J connectivity index is 1.43. The Bertz CT molecular complexity index is 1140. The van der Waals surface area contributed by atoms with E-state index in [0.717, 1.165) is 11.3 Å². The SMILES string of the molecule is Cc1ccc([C@@H]2Cn3nnc(-c4noc(-c5ccccc5F)n4)c3CO2)cc1. The van der Waals surface area contributed by atoms with Gasteiger partial charge < -0.3 is 9.26 Å². The molecule has 28 heavy (non-hydrogen) atoms. The van der Waals surface area contributed by atoms with Crippen LogP contribution in [0.3, 0.4) is 0 Å². The molecular weight excluding hydrogens is 361 g/mol. The van der Waals surface area contributed by atoms with Crippen molar-refractivity contribution in [3.8, 4) is 23.0 Å². The van der Waals surface area contributed by atoms with E-state index in [1.165, 1.54) is 11.6 Å². The second-order valence-electron chi connectivity index (χ2n) is 6.68. The second-order valence-corrected chi connectivity index (χ2v) is 6.68. The second kappa shape index (κ2) is 6.65. The summed E-state index contributed by atoms with van der Waals surface area (Å²) in [7, 11) is 0. The molecule has 1 atom stereocenters. The standard InChI is InChI=1S/C20H16FN5O2/c1-12-6-8-13(9-7-12)17-10-26-16(11-27-17)18(23-25-26)19-22-20(28-24-19)14-4-2-3-5-15(14)21/h2-9,17H,10-11H2,1H3/t17-/m0/s1. The van der Waals surface area contributed by atoms with Crippen LogP contribution in [-0.4, -0.2) is 25.1 Å². The molecule has 8 heteroatoms. The summed E-state index contributed by atoms with van der Waals surface area (Å²) in [6.45, 7) is 2.92. The first-order valence-electron chi connectivity index (χ1n) is 8.88. The highest BCUT2D eigenvalue weighted by Gasteiger charge is 2.27. The number of benzene rings is 2. The molecule has 0 spiro atoms. The zero-order valence-electron chi connectivity index (χ0n) is 15.0. The number of aryl methyl sites for hydroxylation is 1. The molecule has 0 amide bonds. The van der Waals surface area contributed by atoms with Gasteiger partial charge in [0.2, 0.25) is 5.82 Å². The third kappa shape index (κ3) is 2.87. The van der Waals surface area contributed by atoms with Crippen molar-refractivity contribution in [3.63, 3.8) is 0 Å². The van der Waals surface area contributed by atoms with E-state index in [0.29, 0.717) is 18.8 Å². The van der Waals surface area contributed by atoms with E-state index in [4.69, 9.17) is 9.26 Å². The van der Waals surface area contributed by atoms with Crippen LogP contribution in [0.1, 0.15) is 22.9 Å². The normalized spacial score (nSPS) is 16.1. The van der Waals surface area contributed by atoms with Gasteiger partial charge in [0.15, 0.2) is 5.69 Å². The Kier molecular flexibility index (Phi) is 3.98. The van der Waals surface area contributed by atoms with Crippen LogP contribution in [0.2, 0.25) is 0 Å². The predicted octanol–water partition coefficient (Wildman–Crippen LogP) is 3.71. The molecule has 0 aliphatic carbocycles. The average molecular weight is 377 g/mol. The predicted molar refractivity (Wildman–Crippen MR) is 97.4 cm³/mol. The van der Waals surface area contributed by atoms with Gasteiger partial charge in [0.05, 0.1) is 24.4 Å². The molecule has 4 aromatic rings. The lowest BCUT2D eigenvalue weighted by molar-refractivity contribution is -0.00112. The summed E-state index contributed by atoms with van der Waals surface area (Å²) in [5, 5.41) is 12.4. The van der Waals surface area contributed by atoms with Gasteiger partial charge in [-0.05, 0) is 24.6 Å². The van der Waals surface area contributed by atoms with Crippen molar-refractivity contribution in [3.05, 3.63) is 71.2 Å². The first kappa shape index (κ1) is 16.8. The largest absolute Gasteiger partial charge is 0.365 e. The molecule has 0 unspecified atom stereocenters. The topological polar surface area (TPSA) is 78.9 Å². The highest BCUT2D eigenvalue weighted by molar-refractivity contribution is 5.59. The molecule has 0 N–H and O–H groups in total. The van der Waals surface area contributed by atoms with Gasteiger partial charge >= 0.3 is 0 Å². The number of hydrogen-bond acceptors (Lipinski definition) is 6. The molecule has 7 nitrogen and oxygen atoms in total. The molecule has 2 aromatic heterocycles. The minimum Gasteiger partial charge on any atom is -0.365 e. The zero-order valence-corrected chi connectivity index (χ0v) is 15.0. The number of fused-ring (bicyclic) bond motifs is 1. The highest BCUT2D eigenvalue weighted by Crippen LogP contribution is 2.31. The summed E-state index contributed by atoms with van der Waals surface area (Å²) < 4.78 is 27.0. The fraction of sp³-hybridized carbons (Fsp3) is 0.200. The fourth-order valence-electron chi connectivity index (χ4n) is 3.23. The van der Waals surface area contributed by atoms with Crippen LogP contribution < -0.4 is 0 Å². The molecule has 0 saturated carbocycles. The van der Waals surface area contributed by atoms with Crippen LogP contribution in [0.5, 0.6) is 0 Å². The van der Waals surface area contributed by atoms with E-state index in [1.54, 1.807) is 22.9 Å². The van der Waals surface area contributed by atoms with Crippen LogP contribution in [0.4, 0.5) is 4.39 Å². The molecule has 2 aromatic carbocycles. The van der Waals surface area contributed by atoms with Gasteiger partial charge in [0, 0.05) is 0 Å². The molecule has 5 rings (SSSR count). The highest BCUT2D eigenvalue weighted by atomic mass is 19.1. The summed E-state index contributed by atoms with van der Waals surface area (Å²) in [5.41, 5.74) is 3.79. The average Bonchev–Trinajstić information content (AvgIpc) is 3.35. The summed E-state index contributed by atoms with van der Waals surface area (Å²) in [6.07, 6.45) is -0.0955. The van der Waals surface area contributed by atoms with Crippen LogP contribution in [-0.2, 0) is 17.9 Å². The Morgan fingerprint density at radius 3 is 2.75 bits per heavy atom. The Hall–Kier alpha value is -3.39. The van der Waals surface area contributed by atoms with E-state index in [1.807, 2.05) is 6.92 Å². The third-order valence-electron chi connectivity index (χ3n) is 4.79. The van der Waals surface area contributed by atoms with Crippen molar-refractivity contribution in [2.45, 2.75) is 26.2 Å².